The van der Waals surface area contributed by atoms with Crippen LogP contribution in [0.4, 0.5) is 4.79 Å². The molecule has 2 aliphatic rings. The zero-order valence-corrected chi connectivity index (χ0v) is 11.2. The maximum Gasteiger partial charge on any atom is 0.410 e. The van der Waals surface area contributed by atoms with Crippen molar-refractivity contribution in [3.8, 4) is 0 Å². The molecule has 0 aromatic rings. The molecular formula is C11H18N2O3S. The van der Waals surface area contributed by atoms with E-state index in [2.05, 4.69) is 4.72 Å². The van der Waals surface area contributed by atoms with Crippen LogP contribution in [0.5, 0.6) is 0 Å². The highest BCUT2D eigenvalue weighted by atomic mass is 32.2. The van der Waals surface area contributed by atoms with E-state index in [9.17, 15) is 9.59 Å². The van der Waals surface area contributed by atoms with Crippen LogP contribution in [0, 0.1) is 5.92 Å². The van der Waals surface area contributed by atoms with Crippen LogP contribution in [-0.4, -0.2) is 40.8 Å². The Morgan fingerprint density at radius 3 is 2.88 bits per heavy atom. The van der Waals surface area contributed by atoms with E-state index in [0.29, 0.717) is 18.3 Å². The number of ether oxygens (including phenoxy) is 1. The van der Waals surface area contributed by atoms with Crippen LogP contribution in [0.15, 0.2) is 0 Å². The quantitative estimate of drug-likeness (QED) is 0.667. The van der Waals surface area contributed by atoms with Gasteiger partial charge in [0.05, 0.1) is 5.92 Å². The molecular weight excluding hydrogens is 240 g/mol. The van der Waals surface area contributed by atoms with Gasteiger partial charge in [0.2, 0.25) is 5.91 Å². The standard InChI is InChI=1S/C11H18N2O3S/c1-11(2,3)16-10(15)13-5-4-8-7(6-13)9(14)12-17-8/h7-8H,4-6H2,1-3H3,(H,12,14). The van der Waals surface area contributed by atoms with Crippen molar-refractivity contribution in [2.75, 3.05) is 13.1 Å². The minimum atomic E-state index is -0.485. The van der Waals surface area contributed by atoms with E-state index in [1.807, 2.05) is 20.8 Å². The number of carbonyl (C=O) groups excluding carboxylic acids is 2. The Hall–Kier alpha value is -0.910. The predicted molar refractivity (Wildman–Crippen MR) is 65.4 cm³/mol. The van der Waals surface area contributed by atoms with E-state index in [-0.39, 0.29) is 17.9 Å². The lowest BCUT2D eigenvalue weighted by molar-refractivity contribution is -0.123. The summed E-state index contributed by atoms with van der Waals surface area (Å²) >= 11 is 1.48. The van der Waals surface area contributed by atoms with Crippen molar-refractivity contribution < 1.29 is 14.3 Å². The molecule has 0 bridgehead atoms. The van der Waals surface area contributed by atoms with Crippen molar-refractivity contribution in [3.63, 3.8) is 0 Å². The third kappa shape index (κ3) is 2.86. The van der Waals surface area contributed by atoms with Crippen LogP contribution in [0.25, 0.3) is 0 Å². The highest BCUT2D eigenvalue weighted by Crippen LogP contribution is 2.32. The van der Waals surface area contributed by atoms with Gasteiger partial charge in [-0.2, -0.15) is 0 Å². The average molecular weight is 258 g/mol. The molecule has 2 heterocycles. The van der Waals surface area contributed by atoms with Crippen molar-refractivity contribution in [1.29, 1.82) is 0 Å². The van der Waals surface area contributed by atoms with Crippen molar-refractivity contribution in [3.05, 3.63) is 0 Å². The van der Waals surface area contributed by atoms with Gasteiger partial charge in [0.25, 0.3) is 0 Å². The Kier molecular flexibility index (Phi) is 3.25. The third-order valence-electron chi connectivity index (χ3n) is 2.85. The van der Waals surface area contributed by atoms with E-state index in [4.69, 9.17) is 4.74 Å². The summed E-state index contributed by atoms with van der Waals surface area (Å²) in [6.45, 7) is 6.66. The molecule has 1 N–H and O–H groups in total. The van der Waals surface area contributed by atoms with Gasteiger partial charge in [-0.3, -0.25) is 9.52 Å². The summed E-state index contributed by atoms with van der Waals surface area (Å²) in [4.78, 5) is 25.1. The maximum atomic E-state index is 11.9. The summed E-state index contributed by atoms with van der Waals surface area (Å²) in [5, 5.41) is 0.307. The van der Waals surface area contributed by atoms with Crippen molar-refractivity contribution in [2.45, 2.75) is 38.0 Å². The number of rotatable bonds is 0. The second-order valence-electron chi connectivity index (χ2n) is 5.44. The third-order valence-corrected chi connectivity index (χ3v) is 4.03. The molecule has 0 radical (unpaired) electrons. The Balaban J connectivity index is 1.95. The van der Waals surface area contributed by atoms with Gasteiger partial charge in [0.15, 0.2) is 0 Å². The lowest BCUT2D eigenvalue weighted by Gasteiger charge is -2.33. The monoisotopic (exact) mass is 258 g/mol. The normalized spacial score (nSPS) is 28.6. The number of carbonyl (C=O) groups is 2. The largest absolute Gasteiger partial charge is 0.444 e. The number of hydrogen-bond donors (Lipinski definition) is 1. The average Bonchev–Trinajstić information content (AvgIpc) is 2.57. The molecule has 2 atom stereocenters. The first-order chi connectivity index (χ1) is 7.87. The Morgan fingerprint density at radius 2 is 2.24 bits per heavy atom. The molecule has 2 aliphatic heterocycles. The summed E-state index contributed by atoms with van der Waals surface area (Å²) < 4.78 is 8.08. The molecule has 0 aliphatic carbocycles. The maximum absolute atomic E-state index is 11.9. The van der Waals surface area contributed by atoms with Crippen LogP contribution in [0.3, 0.4) is 0 Å². The molecule has 0 spiro atoms. The first-order valence-electron chi connectivity index (χ1n) is 5.80. The van der Waals surface area contributed by atoms with E-state index in [0.717, 1.165) is 6.42 Å². The smallest absolute Gasteiger partial charge is 0.410 e. The second-order valence-corrected chi connectivity index (χ2v) is 6.49. The van der Waals surface area contributed by atoms with Crippen LogP contribution >= 0.6 is 11.9 Å². The summed E-state index contributed by atoms with van der Waals surface area (Å²) in [5.41, 5.74) is -0.485. The van der Waals surface area contributed by atoms with Gasteiger partial charge in [-0.15, -0.1) is 0 Å². The highest BCUT2D eigenvalue weighted by Gasteiger charge is 2.42. The van der Waals surface area contributed by atoms with Crippen LogP contribution in [0.2, 0.25) is 0 Å². The summed E-state index contributed by atoms with van der Waals surface area (Å²) in [5.74, 6) is -0.0467. The minimum absolute atomic E-state index is 0.0354. The summed E-state index contributed by atoms with van der Waals surface area (Å²) in [7, 11) is 0. The fourth-order valence-corrected chi connectivity index (χ4v) is 3.04. The lowest BCUT2D eigenvalue weighted by atomic mass is 9.97. The van der Waals surface area contributed by atoms with E-state index >= 15 is 0 Å². The molecule has 0 saturated carbocycles. The van der Waals surface area contributed by atoms with Gasteiger partial charge >= 0.3 is 6.09 Å². The lowest BCUT2D eigenvalue weighted by Crippen LogP contribution is -2.47. The highest BCUT2D eigenvalue weighted by molar-refractivity contribution is 7.99. The number of amides is 2. The first kappa shape index (κ1) is 12.5. The van der Waals surface area contributed by atoms with Gasteiger partial charge in [-0.05, 0) is 39.1 Å². The van der Waals surface area contributed by atoms with Crippen molar-refractivity contribution >= 4 is 23.9 Å². The number of piperidine rings is 1. The Morgan fingerprint density at radius 1 is 1.53 bits per heavy atom. The molecule has 0 aromatic heterocycles. The number of nitrogens with zero attached hydrogens (tertiary/aromatic N) is 1. The molecule has 96 valence electrons. The Bertz CT molecular complexity index is 340. The van der Waals surface area contributed by atoms with E-state index in [1.54, 1.807) is 4.90 Å². The van der Waals surface area contributed by atoms with Gasteiger partial charge in [0.1, 0.15) is 5.60 Å². The summed E-state index contributed by atoms with van der Waals surface area (Å²) in [6.07, 6.45) is 0.522. The number of fused-ring (bicyclic) bond motifs is 1. The first-order valence-corrected chi connectivity index (χ1v) is 6.68. The van der Waals surface area contributed by atoms with Gasteiger partial charge < -0.3 is 9.64 Å². The molecule has 5 nitrogen and oxygen atoms in total. The molecule has 17 heavy (non-hydrogen) atoms. The van der Waals surface area contributed by atoms with E-state index in [1.165, 1.54) is 11.9 Å². The number of likely N-dealkylation sites (tertiary alicyclic amines) is 1. The minimum Gasteiger partial charge on any atom is -0.444 e. The number of hydrogen-bond acceptors (Lipinski definition) is 4. The fourth-order valence-electron chi connectivity index (χ4n) is 2.03. The second kappa shape index (κ2) is 4.40. The van der Waals surface area contributed by atoms with E-state index < -0.39 is 5.60 Å². The van der Waals surface area contributed by atoms with Gasteiger partial charge in [-0.1, -0.05) is 0 Å². The van der Waals surface area contributed by atoms with Gasteiger partial charge in [-0.25, -0.2) is 4.79 Å². The fraction of sp³-hybridized carbons (Fsp3) is 0.818. The summed E-state index contributed by atoms with van der Waals surface area (Å²) in [6, 6.07) is 0. The molecule has 0 aromatic carbocycles. The van der Waals surface area contributed by atoms with Crippen LogP contribution < -0.4 is 4.72 Å². The molecule has 6 heteroatoms. The zero-order valence-electron chi connectivity index (χ0n) is 10.4. The SMILES string of the molecule is CC(C)(C)OC(=O)N1CCC2SNC(=O)C2C1. The Labute approximate surface area is 105 Å². The van der Waals surface area contributed by atoms with Crippen molar-refractivity contribution in [2.24, 2.45) is 5.92 Å². The topological polar surface area (TPSA) is 58.6 Å². The van der Waals surface area contributed by atoms with Crippen LogP contribution in [0.1, 0.15) is 27.2 Å². The predicted octanol–water partition coefficient (Wildman–Crippen LogP) is 1.39. The molecule has 2 unspecified atom stereocenters. The molecule has 2 fully saturated rings. The van der Waals surface area contributed by atoms with Crippen LogP contribution in [-0.2, 0) is 9.53 Å². The number of nitrogens with one attached hydrogen (secondary N) is 1. The van der Waals surface area contributed by atoms with Gasteiger partial charge in [0, 0.05) is 18.3 Å². The molecule has 2 saturated heterocycles. The van der Waals surface area contributed by atoms with Crippen molar-refractivity contribution in [1.82, 2.24) is 9.62 Å². The zero-order chi connectivity index (χ0) is 12.6. The molecule has 2 rings (SSSR count). The molecule has 2 amide bonds.